The fourth-order valence-corrected chi connectivity index (χ4v) is 1.96. The molecule has 1 aromatic rings. The lowest BCUT2D eigenvalue weighted by atomic mass is 10.1. The predicted molar refractivity (Wildman–Crippen MR) is 55.5 cm³/mol. The molecule has 0 saturated carbocycles. The van der Waals surface area contributed by atoms with Crippen LogP contribution in [0.5, 0.6) is 0 Å². The molecule has 0 aliphatic carbocycles. The molecule has 0 spiro atoms. The van der Waals surface area contributed by atoms with Crippen LogP contribution < -0.4 is 0 Å². The first kappa shape index (κ1) is 12.7. The third kappa shape index (κ3) is 2.79. The van der Waals surface area contributed by atoms with Crippen molar-refractivity contribution < 1.29 is 13.2 Å². The first-order valence-electron chi connectivity index (χ1n) is 4.42. The third-order valence-electron chi connectivity index (χ3n) is 1.99. The van der Waals surface area contributed by atoms with Crippen LogP contribution in [0.25, 0.3) is 0 Å². The van der Waals surface area contributed by atoms with Crippen LogP contribution in [0.2, 0.25) is 10.0 Å². The fourth-order valence-electron chi connectivity index (χ4n) is 1.30. The van der Waals surface area contributed by atoms with Gasteiger partial charge in [0.25, 0.3) is 0 Å². The van der Waals surface area contributed by atoms with Crippen molar-refractivity contribution >= 4 is 23.2 Å². The molecule has 0 nitrogen and oxygen atoms in total. The fraction of sp³-hybridized carbons (Fsp3) is 0.400. The second-order valence-corrected chi connectivity index (χ2v) is 3.92. The second kappa shape index (κ2) is 4.62. The zero-order valence-corrected chi connectivity index (χ0v) is 9.47. The van der Waals surface area contributed by atoms with Crippen LogP contribution >= 0.6 is 23.2 Å². The minimum absolute atomic E-state index is 0.281. The molecule has 0 unspecified atom stereocenters. The molecule has 0 amide bonds. The van der Waals surface area contributed by atoms with Crippen LogP contribution in [-0.2, 0) is 12.6 Å². The highest BCUT2D eigenvalue weighted by Crippen LogP contribution is 2.39. The van der Waals surface area contributed by atoms with Crippen LogP contribution in [0.1, 0.15) is 24.5 Å². The molecule has 1 rings (SSSR count). The summed E-state index contributed by atoms with van der Waals surface area (Å²) in [5.41, 5.74) is -0.451. The van der Waals surface area contributed by atoms with Gasteiger partial charge in [0, 0.05) is 5.02 Å². The van der Waals surface area contributed by atoms with Gasteiger partial charge in [-0.1, -0.05) is 36.5 Å². The summed E-state index contributed by atoms with van der Waals surface area (Å²) < 4.78 is 37.4. The summed E-state index contributed by atoms with van der Waals surface area (Å²) in [6.45, 7) is 1.85. The average molecular weight is 257 g/mol. The lowest BCUT2D eigenvalue weighted by Crippen LogP contribution is -2.07. The van der Waals surface area contributed by atoms with Crippen molar-refractivity contribution in [3.8, 4) is 0 Å². The molecule has 0 N–H and O–H groups in total. The van der Waals surface area contributed by atoms with Gasteiger partial charge in [0.1, 0.15) is 0 Å². The van der Waals surface area contributed by atoms with Crippen molar-refractivity contribution in [3.05, 3.63) is 33.3 Å². The van der Waals surface area contributed by atoms with E-state index in [1.165, 1.54) is 6.07 Å². The minimum atomic E-state index is -4.43. The number of hydrogen-bond donors (Lipinski definition) is 0. The maximum atomic E-state index is 12.5. The van der Waals surface area contributed by atoms with Gasteiger partial charge in [0.05, 0.1) is 10.6 Å². The van der Waals surface area contributed by atoms with Crippen molar-refractivity contribution in [2.45, 2.75) is 25.9 Å². The maximum absolute atomic E-state index is 12.5. The number of benzene rings is 1. The van der Waals surface area contributed by atoms with Gasteiger partial charge < -0.3 is 0 Å². The Labute approximate surface area is 96.0 Å². The van der Waals surface area contributed by atoms with Crippen LogP contribution in [0.3, 0.4) is 0 Å². The van der Waals surface area contributed by atoms with Crippen molar-refractivity contribution in [3.63, 3.8) is 0 Å². The van der Waals surface area contributed by atoms with Crippen LogP contribution in [-0.4, -0.2) is 0 Å². The van der Waals surface area contributed by atoms with E-state index < -0.39 is 11.7 Å². The van der Waals surface area contributed by atoms with E-state index in [-0.39, 0.29) is 10.0 Å². The largest absolute Gasteiger partial charge is 0.417 e. The molecule has 1 aromatic carbocycles. The highest BCUT2D eigenvalue weighted by Gasteiger charge is 2.34. The lowest BCUT2D eigenvalue weighted by molar-refractivity contribution is -0.137. The molecular formula is C10H9Cl2F3. The van der Waals surface area contributed by atoms with E-state index in [0.29, 0.717) is 18.4 Å². The van der Waals surface area contributed by atoms with E-state index in [9.17, 15) is 13.2 Å². The lowest BCUT2D eigenvalue weighted by Gasteiger charge is -2.13. The molecule has 0 aliphatic heterocycles. The summed E-state index contributed by atoms with van der Waals surface area (Å²) in [5, 5.41) is 0.00620. The van der Waals surface area contributed by atoms with Gasteiger partial charge in [0.15, 0.2) is 0 Å². The normalized spacial score (nSPS) is 11.9. The summed E-state index contributed by atoms with van der Waals surface area (Å²) >= 11 is 11.5. The van der Waals surface area contributed by atoms with Crippen molar-refractivity contribution in [1.29, 1.82) is 0 Å². The Bertz CT molecular complexity index is 358. The Morgan fingerprint density at radius 2 is 1.80 bits per heavy atom. The first-order valence-corrected chi connectivity index (χ1v) is 5.17. The first-order chi connectivity index (χ1) is 6.88. The minimum Gasteiger partial charge on any atom is -0.166 e. The Morgan fingerprint density at radius 1 is 1.20 bits per heavy atom. The van der Waals surface area contributed by atoms with E-state index in [1.807, 2.05) is 6.92 Å². The monoisotopic (exact) mass is 256 g/mol. The summed E-state index contributed by atoms with van der Waals surface area (Å²) in [5.74, 6) is 0. The van der Waals surface area contributed by atoms with Gasteiger partial charge in [-0.3, -0.25) is 0 Å². The van der Waals surface area contributed by atoms with Gasteiger partial charge in [-0.15, -0.1) is 0 Å². The van der Waals surface area contributed by atoms with Gasteiger partial charge in [-0.2, -0.15) is 13.2 Å². The predicted octanol–water partition coefficient (Wildman–Crippen LogP) is 4.96. The Hall–Kier alpha value is -0.410. The zero-order chi connectivity index (χ0) is 11.6. The number of halogens is 5. The van der Waals surface area contributed by atoms with Crippen LogP contribution in [0.4, 0.5) is 13.2 Å². The second-order valence-electron chi connectivity index (χ2n) is 3.14. The number of alkyl halides is 3. The molecule has 15 heavy (non-hydrogen) atoms. The molecule has 0 fully saturated rings. The Balaban J connectivity index is 3.28. The zero-order valence-electron chi connectivity index (χ0n) is 7.96. The molecular weight excluding hydrogens is 248 g/mol. The van der Waals surface area contributed by atoms with Crippen LogP contribution in [0.15, 0.2) is 12.1 Å². The van der Waals surface area contributed by atoms with E-state index in [1.54, 1.807) is 0 Å². The third-order valence-corrected chi connectivity index (χ3v) is 2.78. The smallest absolute Gasteiger partial charge is 0.166 e. The Morgan fingerprint density at radius 3 is 2.27 bits per heavy atom. The number of hydrogen-bond acceptors (Lipinski definition) is 0. The van der Waals surface area contributed by atoms with Crippen molar-refractivity contribution in [2.24, 2.45) is 0 Å². The highest BCUT2D eigenvalue weighted by molar-refractivity contribution is 6.36. The molecule has 0 heterocycles. The van der Waals surface area contributed by atoms with Crippen molar-refractivity contribution in [2.75, 3.05) is 0 Å². The topological polar surface area (TPSA) is 0 Å². The van der Waals surface area contributed by atoms with Gasteiger partial charge in [-0.25, -0.2) is 0 Å². The van der Waals surface area contributed by atoms with Gasteiger partial charge in [0.2, 0.25) is 0 Å². The van der Waals surface area contributed by atoms with Gasteiger partial charge >= 0.3 is 6.18 Å². The molecule has 0 bridgehead atoms. The van der Waals surface area contributed by atoms with Crippen LogP contribution in [0, 0.1) is 0 Å². The molecule has 0 atom stereocenters. The Kier molecular flexibility index (Phi) is 3.90. The van der Waals surface area contributed by atoms with E-state index >= 15 is 0 Å². The summed E-state index contributed by atoms with van der Waals surface area (Å²) in [6, 6.07) is 2.14. The standard InChI is InChI=1S/C10H9Cl2F3/c1-2-3-6-8(11)5-4-7(9(6)12)10(13,14)15/h4-5H,2-3H2,1H3. The van der Waals surface area contributed by atoms with E-state index in [0.717, 1.165) is 6.07 Å². The van der Waals surface area contributed by atoms with E-state index in [2.05, 4.69) is 0 Å². The average Bonchev–Trinajstić information content (AvgIpc) is 2.09. The number of rotatable bonds is 2. The van der Waals surface area contributed by atoms with Gasteiger partial charge in [-0.05, 0) is 24.1 Å². The molecule has 0 aliphatic rings. The quantitative estimate of drug-likeness (QED) is 0.702. The van der Waals surface area contributed by atoms with E-state index in [4.69, 9.17) is 23.2 Å². The molecule has 0 radical (unpaired) electrons. The van der Waals surface area contributed by atoms with Crippen molar-refractivity contribution in [1.82, 2.24) is 0 Å². The SMILES string of the molecule is CCCc1c(Cl)ccc(C(F)(F)F)c1Cl. The molecule has 0 saturated heterocycles. The molecule has 84 valence electrons. The maximum Gasteiger partial charge on any atom is 0.417 e. The summed E-state index contributed by atoms with van der Waals surface area (Å²) in [4.78, 5) is 0. The molecule has 5 heteroatoms. The molecule has 0 aromatic heterocycles. The summed E-state index contributed by atoms with van der Waals surface area (Å²) in [6.07, 6.45) is -3.29. The highest BCUT2D eigenvalue weighted by atomic mass is 35.5. The summed E-state index contributed by atoms with van der Waals surface area (Å²) in [7, 11) is 0.